The van der Waals surface area contributed by atoms with Crippen LogP contribution in [0, 0.1) is 5.41 Å². The first-order chi connectivity index (χ1) is 14.3. The number of nitrogens with two attached hydrogens (primary N) is 1. The lowest BCUT2D eigenvalue weighted by Crippen LogP contribution is -2.41. The smallest absolute Gasteiger partial charge is 0.244 e. The minimum absolute atomic E-state index is 0.171. The third kappa shape index (κ3) is 5.44. The van der Waals surface area contributed by atoms with Crippen molar-refractivity contribution in [3.63, 3.8) is 0 Å². The molecule has 0 unspecified atom stereocenters. The molecule has 0 atom stereocenters. The zero-order valence-corrected chi connectivity index (χ0v) is 17.2. The minimum Gasteiger partial charge on any atom is -0.369 e. The zero-order chi connectivity index (χ0) is 21.6. The van der Waals surface area contributed by atoms with E-state index < -0.39 is 11.3 Å². The van der Waals surface area contributed by atoms with Crippen molar-refractivity contribution in [2.45, 2.75) is 20.4 Å². The lowest BCUT2D eigenvalue weighted by Gasteiger charge is -2.19. The van der Waals surface area contributed by atoms with Gasteiger partial charge >= 0.3 is 0 Å². The van der Waals surface area contributed by atoms with Crippen molar-refractivity contribution in [1.82, 2.24) is 15.1 Å². The molecule has 3 rings (SSSR count). The van der Waals surface area contributed by atoms with Crippen LogP contribution in [0.2, 0.25) is 0 Å². The van der Waals surface area contributed by atoms with Crippen LogP contribution in [0.25, 0.3) is 17.3 Å². The fourth-order valence-corrected chi connectivity index (χ4v) is 2.85. The molecule has 3 aromatic rings. The Bertz CT molecular complexity index is 1040. The Morgan fingerprint density at radius 3 is 2.33 bits per heavy atom. The average Bonchev–Trinajstić information content (AvgIpc) is 3.14. The van der Waals surface area contributed by atoms with Gasteiger partial charge in [-0.25, -0.2) is 0 Å². The van der Waals surface area contributed by atoms with E-state index in [1.54, 1.807) is 19.9 Å². The number of primary amides is 1. The molecule has 0 bridgehead atoms. The van der Waals surface area contributed by atoms with Gasteiger partial charge in [0.15, 0.2) is 0 Å². The van der Waals surface area contributed by atoms with E-state index in [1.165, 1.54) is 6.08 Å². The molecule has 2 aromatic carbocycles. The van der Waals surface area contributed by atoms with Gasteiger partial charge in [-0.2, -0.15) is 5.10 Å². The number of amides is 2. The van der Waals surface area contributed by atoms with Crippen molar-refractivity contribution in [2.24, 2.45) is 11.1 Å². The molecule has 0 aliphatic heterocycles. The van der Waals surface area contributed by atoms with Crippen LogP contribution in [0.5, 0.6) is 0 Å². The molecule has 30 heavy (non-hydrogen) atoms. The fourth-order valence-electron chi connectivity index (χ4n) is 2.85. The molecule has 1 aromatic heterocycles. The van der Waals surface area contributed by atoms with E-state index >= 15 is 0 Å². The molecule has 0 radical (unpaired) electrons. The van der Waals surface area contributed by atoms with Crippen LogP contribution >= 0.6 is 0 Å². The molecule has 1 heterocycles. The van der Waals surface area contributed by atoms with Crippen molar-refractivity contribution in [3.05, 3.63) is 84.1 Å². The Hall–Kier alpha value is -3.67. The lowest BCUT2D eigenvalue weighted by atomic mass is 9.93. The summed E-state index contributed by atoms with van der Waals surface area (Å²) in [6, 6.07) is 19.9. The SMILES string of the molecule is CC(C)(CNC(=O)C=Cc1cn(Cc2ccccc2)nc1-c1ccccc1)C(N)=O. The van der Waals surface area contributed by atoms with Crippen LogP contribution in [0.1, 0.15) is 25.0 Å². The van der Waals surface area contributed by atoms with Crippen LogP contribution in [0.15, 0.2) is 72.9 Å². The van der Waals surface area contributed by atoms with Gasteiger partial charge in [0.25, 0.3) is 0 Å². The number of aromatic nitrogens is 2. The Morgan fingerprint density at radius 1 is 1.07 bits per heavy atom. The van der Waals surface area contributed by atoms with Gasteiger partial charge < -0.3 is 11.1 Å². The van der Waals surface area contributed by atoms with Gasteiger partial charge in [-0.3, -0.25) is 14.3 Å². The summed E-state index contributed by atoms with van der Waals surface area (Å²) < 4.78 is 1.87. The summed E-state index contributed by atoms with van der Waals surface area (Å²) >= 11 is 0. The van der Waals surface area contributed by atoms with Crippen molar-refractivity contribution >= 4 is 17.9 Å². The molecule has 0 fully saturated rings. The van der Waals surface area contributed by atoms with E-state index in [9.17, 15) is 9.59 Å². The van der Waals surface area contributed by atoms with E-state index in [0.29, 0.717) is 6.54 Å². The third-order valence-electron chi connectivity index (χ3n) is 4.81. The second-order valence-corrected chi connectivity index (χ2v) is 7.78. The summed E-state index contributed by atoms with van der Waals surface area (Å²) in [5.74, 6) is -0.750. The highest BCUT2D eigenvalue weighted by Crippen LogP contribution is 2.23. The van der Waals surface area contributed by atoms with Gasteiger partial charge in [-0.15, -0.1) is 0 Å². The number of carbonyl (C=O) groups excluding carboxylic acids is 2. The van der Waals surface area contributed by atoms with Gasteiger partial charge in [0.2, 0.25) is 11.8 Å². The number of rotatable bonds is 8. The first-order valence-electron chi connectivity index (χ1n) is 9.78. The summed E-state index contributed by atoms with van der Waals surface area (Å²) in [5.41, 5.74) is 8.29. The Labute approximate surface area is 176 Å². The number of benzene rings is 2. The quantitative estimate of drug-likeness (QED) is 0.567. The molecule has 0 aliphatic carbocycles. The monoisotopic (exact) mass is 402 g/mol. The van der Waals surface area contributed by atoms with Crippen LogP contribution in [-0.4, -0.2) is 28.1 Å². The fraction of sp³-hybridized carbons (Fsp3) is 0.208. The normalized spacial score (nSPS) is 11.5. The number of nitrogens with one attached hydrogen (secondary N) is 1. The predicted octanol–water partition coefficient (Wildman–Crippen LogP) is 3.24. The van der Waals surface area contributed by atoms with Crippen LogP contribution in [-0.2, 0) is 16.1 Å². The first kappa shape index (κ1) is 21.0. The molecule has 0 spiro atoms. The molecule has 154 valence electrons. The number of carbonyl (C=O) groups is 2. The van der Waals surface area contributed by atoms with Crippen LogP contribution < -0.4 is 11.1 Å². The summed E-state index contributed by atoms with van der Waals surface area (Å²) in [4.78, 5) is 23.7. The topological polar surface area (TPSA) is 90.0 Å². The van der Waals surface area contributed by atoms with Gasteiger partial charge in [0, 0.05) is 29.9 Å². The number of hydrogen-bond donors (Lipinski definition) is 2. The molecule has 0 saturated carbocycles. The van der Waals surface area contributed by atoms with Crippen LogP contribution in [0.3, 0.4) is 0 Å². The predicted molar refractivity (Wildman–Crippen MR) is 118 cm³/mol. The third-order valence-corrected chi connectivity index (χ3v) is 4.81. The molecular weight excluding hydrogens is 376 g/mol. The van der Waals surface area contributed by atoms with Gasteiger partial charge in [-0.05, 0) is 25.5 Å². The van der Waals surface area contributed by atoms with Crippen LogP contribution in [0.4, 0.5) is 0 Å². The van der Waals surface area contributed by atoms with Gasteiger partial charge in [0.1, 0.15) is 0 Å². The van der Waals surface area contributed by atoms with E-state index in [-0.39, 0.29) is 12.5 Å². The maximum atomic E-state index is 12.3. The van der Waals surface area contributed by atoms with E-state index in [0.717, 1.165) is 22.4 Å². The van der Waals surface area contributed by atoms with Gasteiger partial charge in [-0.1, -0.05) is 60.7 Å². The summed E-state index contributed by atoms with van der Waals surface area (Å²) in [6.45, 7) is 4.19. The van der Waals surface area contributed by atoms with Crippen molar-refractivity contribution in [1.29, 1.82) is 0 Å². The molecule has 3 N–H and O–H groups in total. The molecule has 2 amide bonds. The van der Waals surface area contributed by atoms with Gasteiger partial charge in [0.05, 0.1) is 17.7 Å². The summed E-state index contributed by atoms with van der Waals surface area (Å²) in [5, 5.41) is 7.46. The highest BCUT2D eigenvalue weighted by atomic mass is 16.2. The first-order valence-corrected chi connectivity index (χ1v) is 9.78. The van der Waals surface area contributed by atoms with Crippen molar-refractivity contribution < 1.29 is 9.59 Å². The highest BCUT2D eigenvalue weighted by Gasteiger charge is 2.25. The zero-order valence-electron chi connectivity index (χ0n) is 17.2. The number of hydrogen-bond acceptors (Lipinski definition) is 3. The minimum atomic E-state index is -0.806. The molecule has 6 heteroatoms. The molecule has 0 saturated heterocycles. The standard InChI is InChI=1S/C24H26N4O2/c1-24(2,23(25)30)17-26-21(29)14-13-20-16-28(15-18-9-5-3-6-10-18)27-22(20)19-11-7-4-8-12-19/h3-14,16H,15,17H2,1-2H3,(H2,25,30)(H,26,29). The highest BCUT2D eigenvalue weighted by molar-refractivity contribution is 5.93. The lowest BCUT2D eigenvalue weighted by molar-refractivity contribution is -0.126. The van der Waals surface area contributed by atoms with E-state index in [2.05, 4.69) is 5.32 Å². The molecular formula is C24H26N4O2. The second kappa shape index (κ2) is 9.22. The maximum Gasteiger partial charge on any atom is 0.244 e. The second-order valence-electron chi connectivity index (χ2n) is 7.78. The van der Waals surface area contributed by atoms with E-state index in [4.69, 9.17) is 10.8 Å². The van der Waals surface area contributed by atoms with E-state index in [1.807, 2.05) is 71.5 Å². The summed E-state index contributed by atoms with van der Waals surface area (Å²) in [7, 11) is 0. The Kier molecular flexibility index (Phi) is 6.47. The Balaban J connectivity index is 1.81. The molecule has 6 nitrogen and oxygen atoms in total. The maximum absolute atomic E-state index is 12.3. The largest absolute Gasteiger partial charge is 0.369 e. The van der Waals surface area contributed by atoms with Crippen molar-refractivity contribution in [3.8, 4) is 11.3 Å². The van der Waals surface area contributed by atoms with Crippen molar-refractivity contribution in [2.75, 3.05) is 6.54 Å². The average molecular weight is 402 g/mol. The Morgan fingerprint density at radius 2 is 1.70 bits per heavy atom. The number of nitrogens with zero attached hydrogens (tertiary/aromatic N) is 2. The summed E-state index contributed by atoms with van der Waals surface area (Å²) in [6.07, 6.45) is 5.11. The molecule has 0 aliphatic rings.